The van der Waals surface area contributed by atoms with Crippen LogP contribution in [0.15, 0.2) is 23.5 Å². The number of fused-ring (bicyclic) bond motifs is 1. The van der Waals surface area contributed by atoms with E-state index in [1.807, 2.05) is 12.1 Å². The van der Waals surface area contributed by atoms with E-state index in [4.69, 9.17) is 21.7 Å². The van der Waals surface area contributed by atoms with Crippen molar-refractivity contribution in [3.63, 3.8) is 0 Å². The van der Waals surface area contributed by atoms with Gasteiger partial charge in [0.1, 0.15) is 18.0 Å². The van der Waals surface area contributed by atoms with Crippen LogP contribution in [0.1, 0.15) is 32.6 Å². The molecule has 2 aliphatic heterocycles. The molecular formula is C27H42N8O2S. The van der Waals surface area contributed by atoms with E-state index in [2.05, 4.69) is 47.2 Å². The Balaban J connectivity index is 1.35. The fourth-order valence-electron chi connectivity index (χ4n) is 5.05. The summed E-state index contributed by atoms with van der Waals surface area (Å²) in [4.78, 5) is 20.5. The van der Waals surface area contributed by atoms with Crippen LogP contribution in [-0.4, -0.2) is 110 Å². The number of aliphatic imine (C=N–C) groups is 1. The summed E-state index contributed by atoms with van der Waals surface area (Å²) in [6.07, 6.45) is 6.61. The predicted octanol–water partition coefficient (Wildman–Crippen LogP) is 2.53. The first-order chi connectivity index (χ1) is 18.6. The van der Waals surface area contributed by atoms with Gasteiger partial charge in [-0.05, 0) is 57.6 Å². The van der Waals surface area contributed by atoms with Gasteiger partial charge in [0.25, 0.3) is 0 Å². The zero-order chi connectivity index (χ0) is 26.7. The molecular weight excluding hydrogens is 500 g/mol. The Labute approximate surface area is 231 Å². The maximum atomic E-state index is 6.15. The number of ether oxygens (including phenoxy) is 2. The number of likely N-dealkylation sites (N-methyl/N-ethyl adjacent to an activating group) is 1. The summed E-state index contributed by atoms with van der Waals surface area (Å²) >= 11 is 5.64. The molecule has 1 aromatic heterocycles. The van der Waals surface area contributed by atoms with E-state index in [0.29, 0.717) is 18.9 Å². The topological polar surface area (TPSA) is 90.4 Å². The molecule has 2 aliphatic rings. The summed E-state index contributed by atoms with van der Waals surface area (Å²) in [5.74, 6) is 3.26. The summed E-state index contributed by atoms with van der Waals surface area (Å²) in [5, 5.41) is 8.28. The quantitative estimate of drug-likeness (QED) is 0.202. The van der Waals surface area contributed by atoms with Crippen LogP contribution in [0.3, 0.4) is 0 Å². The molecule has 4 rings (SSSR count). The minimum absolute atomic E-state index is 0.600. The molecule has 0 unspecified atom stereocenters. The summed E-state index contributed by atoms with van der Waals surface area (Å²) in [5.41, 5.74) is 0.858. The molecule has 0 saturated carbocycles. The number of hydrogen-bond donors (Lipinski definition) is 2. The number of rotatable bonds is 10. The summed E-state index contributed by atoms with van der Waals surface area (Å²) in [6.45, 7) is 10.9. The summed E-state index contributed by atoms with van der Waals surface area (Å²) in [6, 6.07) is 3.99. The summed E-state index contributed by atoms with van der Waals surface area (Å²) in [7, 11) is 3.47. The van der Waals surface area contributed by atoms with Crippen molar-refractivity contribution in [2.75, 3.05) is 84.6 Å². The first-order valence-electron chi connectivity index (χ1n) is 13.8. The molecule has 0 bridgehead atoms. The predicted molar refractivity (Wildman–Crippen MR) is 158 cm³/mol. The van der Waals surface area contributed by atoms with E-state index in [9.17, 15) is 0 Å². The number of methoxy groups -OCH3 is 1. The lowest BCUT2D eigenvalue weighted by Gasteiger charge is -2.37. The average Bonchev–Trinajstić information content (AvgIpc) is 2.97. The third kappa shape index (κ3) is 7.35. The van der Waals surface area contributed by atoms with Crippen molar-refractivity contribution in [3.05, 3.63) is 18.5 Å². The second kappa shape index (κ2) is 14.3. The fourth-order valence-corrected chi connectivity index (χ4v) is 5.30. The number of nitrogens with zero attached hydrogens (tertiary/aromatic N) is 6. The summed E-state index contributed by atoms with van der Waals surface area (Å²) < 4.78 is 11.9. The lowest BCUT2D eigenvalue weighted by atomic mass is 10.1. The molecule has 38 heavy (non-hydrogen) atoms. The minimum Gasteiger partial charge on any atom is -0.493 e. The van der Waals surface area contributed by atoms with Crippen molar-refractivity contribution in [1.82, 2.24) is 30.4 Å². The molecule has 10 nitrogen and oxygen atoms in total. The fraction of sp³-hybridized carbons (Fsp3) is 0.630. The average molecular weight is 543 g/mol. The Morgan fingerprint density at radius 2 is 1.82 bits per heavy atom. The van der Waals surface area contributed by atoms with Gasteiger partial charge in [0.2, 0.25) is 0 Å². The van der Waals surface area contributed by atoms with Crippen LogP contribution in [0.5, 0.6) is 11.5 Å². The molecule has 208 valence electrons. The third-order valence-electron chi connectivity index (χ3n) is 7.15. The maximum absolute atomic E-state index is 6.15. The number of anilines is 1. The monoisotopic (exact) mass is 542 g/mol. The normalized spacial score (nSPS) is 17.0. The van der Waals surface area contributed by atoms with Crippen LogP contribution in [0.2, 0.25) is 0 Å². The molecule has 0 spiro atoms. The molecule has 0 radical (unpaired) electrons. The Bertz CT molecular complexity index is 1080. The molecule has 2 aromatic rings. The van der Waals surface area contributed by atoms with Gasteiger partial charge in [-0.15, -0.1) is 0 Å². The SMILES string of the molecule is CCNC(CNC(=S)N1CCN(c2ncnc3cc(OCCCN4CCCCC4)c(OC)cc23)CC1)=NC. The van der Waals surface area contributed by atoms with E-state index < -0.39 is 0 Å². The van der Waals surface area contributed by atoms with E-state index in [-0.39, 0.29) is 0 Å². The smallest absolute Gasteiger partial charge is 0.169 e. The second-order valence-electron chi connectivity index (χ2n) is 9.66. The third-order valence-corrected chi connectivity index (χ3v) is 7.55. The standard InChI is InChI=1S/C27H42N8O2S/c1-4-29-25(28-2)19-30-27(38)35-14-12-34(13-15-35)26-21-17-23(36-3)24(18-22(21)31-20-32-26)37-16-8-11-33-9-6-5-7-10-33/h17-18,20H,4-16,19H2,1-3H3,(H,28,29)(H,30,38). The van der Waals surface area contributed by atoms with Crippen molar-refractivity contribution in [1.29, 1.82) is 0 Å². The van der Waals surface area contributed by atoms with Crippen molar-refractivity contribution < 1.29 is 9.47 Å². The molecule has 2 N–H and O–H groups in total. The van der Waals surface area contributed by atoms with Crippen LogP contribution >= 0.6 is 12.2 Å². The number of amidine groups is 1. The van der Waals surface area contributed by atoms with Gasteiger partial charge >= 0.3 is 0 Å². The van der Waals surface area contributed by atoms with E-state index >= 15 is 0 Å². The molecule has 11 heteroatoms. The first kappa shape index (κ1) is 28.1. The molecule has 0 atom stereocenters. The van der Waals surface area contributed by atoms with Crippen molar-refractivity contribution in [2.45, 2.75) is 32.6 Å². The van der Waals surface area contributed by atoms with E-state index in [1.165, 1.54) is 32.4 Å². The lowest BCUT2D eigenvalue weighted by Crippen LogP contribution is -2.53. The van der Waals surface area contributed by atoms with Gasteiger partial charge < -0.3 is 34.8 Å². The Hall–Kier alpha value is -2.92. The Morgan fingerprint density at radius 3 is 2.53 bits per heavy atom. The number of aromatic nitrogens is 2. The van der Waals surface area contributed by atoms with Gasteiger partial charge in [-0.2, -0.15) is 0 Å². The number of likely N-dealkylation sites (tertiary alicyclic amines) is 1. The van der Waals surface area contributed by atoms with E-state index in [0.717, 1.165) is 79.1 Å². The van der Waals surface area contributed by atoms with Gasteiger partial charge in [0, 0.05) is 57.8 Å². The molecule has 0 amide bonds. The molecule has 0 aliphatic carbocycles. The highest BCUT2D eigenvalue weighted by Crippen LogP contribution is 2.35. The Morgan fingerprint density at radius 1 is 1.03 bits per heavy atom. The minimum atomic E-state index is 0.600. The first-order valence-corrected chi connectivity index (χ1v) is 14.2. The van der Waals surface area contributed by atoms with Crippen LogP contribution in [0, 0.1) is 0 Å². The highest BCUT2D eigenvalue weighted by molar-refractivity contribution is 7.80. The number of benzene rings is 1. The van der Waals surface area contributed by atoms with Gasteiger partial charge in [-0.1, -0.05) is 6.42 Å². The van der Waals surface area contributed by atoms with Crippen molar-refractivity contribution >= 4 is 39.9 Å². The number of piperazine rings is 1. The number of thiocarbonyl (C=S) groups is 1. The van der Waals surface area contributed by atoms with Gasteiger partial charge in [-0.25, -0.2) is 9.97 Å². The zero-order valence-electron chi connectivity index (χ0n) is 23.0. The zero-order valence-corrected chi connectivity index (χ0v) is 23.9. The van der Waals surface area contributed by atoms with Crippen molar-refractivity contribution in [2.24, 2.45) is 4.99 Å². The Kier molecular flexibility index (Phi) is 10.6. The number of piperidine rings is 1. The van der Waals surface area contributed by atoms with Crippen LogP contribution in [-0.2, 0) is 0 Å². The lowest BCUT2D eigenvalue weighted by molar-refractivity contribution is 0.203. The van der Waals surface area contributed by atoms with Crippen LogP contribution in [0.4, 0.5) is 5.82 Å². The van der Waals surface area contributed by atoms with Crippen LogP contribution in [0.25, 0.3) is 10.9 Å². The molecule has 2 fully saturated rings. The van der Waals surface area contributed by atoms with Crippen LogP contribution < -0.4 is 25.0 Å². The number of hydrogen-bond acceptors (Lipinski definition) is 8. The number of nitrogens with one attached hydrogen (secondary N) is 2. The molecule has 1 aromatic carbocycles. The molecule has 2 saturated heterocycles. The highest BCUT2D eigenvalue weighted by atomic mass is 32.1. The second-order valence-corrected chi connectivity index (χ2v) is 10.0. The van der Waals surface area contributed by atoms with Gasteiger partial charge in [0.15, 0.2) is 16.6 Å². The highest BCUT2D eigenvalue weighted by Gasteiger charge is 2.22. The largest absolute Gasteiger partial charge is 0.493 e. The van der Waals surface area contributed by atoms with E-state index in [1.54, 1.807) is 20.5 Å². The van der Waals surface area contributed by atoms with Gasteiger partial charge in [-0.3, -0.25) is 4.99 Å². The van der Waals surface area contributed by atoms with Gasteiger partial charge in [0.05, 0.1) is 25.8 Å². The molecule has 3 heterocycles. The maximum Gasteiger partial charge on any atom is 0.169 e. The van der Waals surface area contributed by atoms with Crippen molar-refractivity contribution in [3.8, 4) is 11.5 Å².